The van der Waals surface area contributed by atoms with Crippen molar-refractivity contribution in [3.05, 3.63) is 64.2 Å². The number of aryl methyl sites for hydroxylation is 1. The van der Waals surface area contributed by atoms with E-state index >= 15 is 0 Å². The molecule has 2 aromatic carbocycles. The Bertz CT molecular complexity index is 549. The summed E-state index contributed by atoms with van der Waals surface area (Å²) in [7, 11) is 2.08. The molecule has 0 aromatic heterocycles. The largest absolute Gasteiger partial charge is 0.399 e. The van der Waals surface area contributed by atoms with Gasteiger partial charge in [-0.3, -0.25) is 4.90 Å². The lowest BCUT2D eigenvalue weighted by atomic mass is 10.1. The van der Waals surface area contributed by atoms with Crippen molar-refractivity contribution >= 4 is 17.3 Å². The summed E-state index contributed by atoms with van der Waals surface area (Å²) >= 11 is 6.18. The number of nitrogens with zero attached hydrogens (tertiary/aromatic N) is 1. The predicted molar refractivity (Wildman–Crippen MR) is 82.2 cm³/mol. The van der Waals surface area contributed by atoms with Crippen LogP contribution in [0.15, 0.2) is 42.5 Å². The Hall–Kier alpha value is -1.51. The molecule has 0 radical (unpaired) electrons. The van der Waals surface area contributed by atoms with Crippen molar-refractivity contribution in [1.82, 2.24) is 4.90 Å². The summed E-state index contributed by atoms with van der Waals surface area (Å²) in [6, 6.07) is 14.2. The number of hydrogen-bond donors (Lipinski definition) is 1. The van der Waals surface area contributed by atoms with Gasteiger partial charge in [-0.05, 0) is 43.3 Å². The first-order valence-corrected chi connectivity index (χ1v) is 6.70. The van der Waals surface area contributed by atoms with Gasteiger partial charge in [0.25, 0.3) is 0 Å². The Morgan fingerprint density at radius 2 is 1.74 bits per heavy atom. The van der Waals surface area contributed by atoms with Gasteiger partial charge >= 0.3 is 0 Å². The van der Waals surface area contributed by atoms with E-state index in [1.54, 1.807) is 0 Å². The van der Waals surface area contributed by atoms with Crippen molar-refractivity contribution in [2.45, 2.75) is 20.0 Å². The highest BCUT2D eigenvalue weighted by Crippen LogP contribution is 2.20. The zero-order chi connectivity index (χ0) is 13.8. The molecule has 0 amide bonds. The van der Waals surface area contributed by atoms with E-state index in [9.17, 15) is 0 Å². The molecule has 2 nitrogen and oxygen atoms in total. The van der Waals surface area contributed by atoms with E-state index < -0.39 is 0 Å². The summed E-state index contributed by atoms with van der Waals surface area (Å²) in [4.78, 5) is 2.23. The molecule has 0 aliphatic carbocycles. The van der Waals surface area contributed by atoms with Crippen molar-refractivity contribution in [2.24, 2.45) is 0 Å². The van der Waals surface area contributed by atoms with Crippen molar-refractivity contribution in [2.75, 3.05) is 12.8 Å². The van der Waals surface area contributed by atoms with Crippen molar-refractivity contribution in [3.8, 4) is 0 Å². The highest BCUT2D eigenvalue weighted by molar-refractivity contribution is 6.31. The quantitative estimate of drug-likeness (QED) is 0.858. The summed E-state index contributed by atoms with van der Waals surface area (Å²) in [5.74, 6) is 0. The van der Waals surface area contributed by atoms with E-state index in [1.165, 1.54) is 11.1 Å². The zero-order valence-electron chi connectivity index (χ0n) is 11.4. The van der Waals surface area contributed by atoms with Gasteiger partial charge in [-0.25, -0.2) is 0 Å². The Labute approximate surface area is 119 Å². The highest BCUT2D eigenvalue weighted by Gasteiger charge is 2.06. The van der Waals surface area contributed by atoms with E-state index in [2.05, 4.69) is 43.1 Å². The number of nitrogen functional groups attached to an aromatic ring is 1. The molecule has 100 valence electrons. The second-order valence-corrected chi connectivity index (χ2v) is 5.42. The first kappa shape index (κ1) is 13.9. The number of hydrogen-bond acceptors (Lipinski definition) is 2. The molecule has 2 N–H and O–H groups in total. The molecule has 0 aliphatic rings. The topological polar surface area (TPSA) is 29.3 Å². The van der Waals surface area contributed by atoms with Crippen LogP contribution < -0.4 is 5.73 Å². The molecule has 0 saturated carbocycles. The summed E-state index contributed by atoms with van der Waals surface area (Å²) in [5, 5.41) is 0.768. The lowest BCUT2D eigenvalue weighted by Crippen LogP contribution is -2.17. The van der Waals surface area contributed by atoms with Crippen LogP contribution in [0.4, 0.5) is 5.69 Å². The molecule has 2 rings (SSSR count). The average Bonchev–Trinajstić information content (AvgIpc) is 2.37. The maximum Gasteiger partial charge on any atom is 0.0452 e. The Morgan fingerprint density at radius 3 is 2.42 bits per heavy atom. The van der Waals surface area contributed by atoms with Gasteiger partial charge in [-0.2, -0.15) is 0 Å². The van der Waals surface area contributed by atoms with Crippen LogP contribution in [0.5, 0.6) is 0 Å². The molecule has 0 spiro atoms. The zero-order valence-corrected chi connectivity index (χ0v) is 12.1. The van der Waals surface area contributed by atoms with Crippen LogP contribution in [0.3, 0.4) is 0 Å². The van der Waals surface area contributed by atoms with Crippen molar-refractivity contribution in [1.29, 1.82) is 0 Å². The maximum absolute atomic E-state index is 6.18. The van der Waals surface area contributed by atoms with Crippen molar-refractivity contribution in [3.63, 3.8) is 0 Å². The van der Waals surface area contributed by atoms with Gasteiger partial charge in [0, 0.05) is 23.8 Å². The molecule has 0 aliphatic heterocycles. The standard InChI is InChI=1S/C16H19ClN2/c1-12-3-5-13(6-4-12)10-19(2)11-14-9-15(18)7-8-16(14)17/h3-9H,10-11,18H2,1-2H3. The van der Waals surface area contributed by atoms with Crippen LogP contribution in [-0.2, 0) is 13.1 Å². The Balaban J connectivity index is 2.02. The molecule has 0 heterocycles. The fourth-order valence-corrected chi connectivity index (χ4v) is 2.25. The van der Waals surface area contributed by atoms with Gasteiger partial charge < -0.3 is 5.73 Å². The van der Waals surface area contributed by atoms with Gasteiger partial charge in [0.05, 0.1) is 0 Å². The van der Waals surface area contributed by atoms with Crippen LogP contribution in [0.25, 0.3) is 0 Å². The van der Waals surface area contributed by atoms with Gasteiger partial charge in [0.2, 0.25) is 0 Å². The first-order valence-electron chi connectivity index (χ1n) is 6.32. The molecular weight excluding hydrogens is 256 g/mol. The molecule has 3 heteroatoms. The fourth-order valence-electron chi connectivity index (χ4n) is 2.07. The van der Waals surface area contributed by atoms with Gasteiger partial charge in [0.1, 0.15) is 0 Å². The number of benzene rings is 2. The van der Waals surface area contributed by atoms with Crippen LogP contribution in [-0.4, -0.2) is 11.9 Å². The van der Waals surface area contributed by atoms with Gasteiger partial charge in [0.15, 0.2) is 0 Å². The fraction of sp³-hybridized carbons (Fsp3) is 0.250. The van der Waals surface area contributed by atoms with Gasteiger partial charge in [-0.1, -0.05) is 41.4 Å². The minimum absolute atomic E-state index is 0.753. The van der Waals surface area contributed by atoms with Crippen LogP contribution in [0.2, 0.25) is 5.02 Å². The monoisotopic (exact) mass is 274 g/mol. The summed E-state index contributed by atoms with van der Waals surface area (Å²) in [6.45, 7) is 3.78. The number of halogens is 1. The average molecular weight is 275 g/mol. The van der Waals surface area contributed by atoms with Crippen LogP contribution in [0.1, 0.15) is 16.7 Å². The van der Waals surface area contributed by atoms with E-state index in [0.29, 0.717) is 0 Å². The van der Waals surface area contributed by atoms with Gasteiger partial charge in [-0.15, -0.1) is 0 Å². The third-order valence-corrected chi connectivity index (χ3v) is 3.45. The Kier molecular flexibility index (Phi) is 4.46. The van der Waals surface area contributed by atoms with E-state index in [-0.39, 0.29) is 0 Å². The molecule has 2 aromatic rings. The lowest BCUT2D eigenvalue weighted by molar-refractivity contribution is 0.319. The normalized spacial score (nSPS) is 10.9. The van der Waals surface area contributed by atoms with Crippen molar-refractivity contribution < 1.29 is 0 Å². The maximum atomic E-state index is 6.18. The summed E-state index contributed by atoms with van der Waals surface area (Å²) < 4.78 is 0. The first-order chi connectivity index (χ1) is 9.04. The minimum Gasteiger partial charge on any atom is -0.399 e. The van der Waals surface area contributed by atoms with E-state index in [0.717, 1.165) is 29.4 Å². The van der Waals surface area contributed by atoms with E-state index in [1.807, 2.05) is 18.2 Å². The third kappa shape index (κ3) is 3.98. The smallest absolute Gasteiger partial charge is 0.0452 e. The number of rotatable bonds is 4. The van der Waals surface area contributed by atoms with E-state index in [4.69, 9.17) is 17.3 Å². The lowest BCUT2D eigenvalue weighted by Gasteiger charge is -2.18. The third-order valence-electron chi connectivity index (χ3n) is 3.08. The number of anilines is 1. The Morgan fingerprint density at radius 1 is 1.05 bits per heavy atom. The number of nitrogens with two attached hydrogens (primary N) is 1. The second kappa shape index (κ2) is 6.09. The highest BCUT2D eigenvalue weighted by atomic mass is 35.5. The molecule has 0 atom stereocenters. The minimum atomic E-state index is 0.753. The van der Waals surface area contributed by atoms with Crippen LogP contribution >= 0.6 is 11.6 Å². The molecule has 19 heavy (non-hydrogen) atoms. The summed E-state index contributed by atoms with van der Waals surface area (Å²) in [5.41, 5.74) is 10.2. The molecular formula is C16H19ClN2. The molecule has 0 fully saturated rings. The van der Waals surface area contributed by atoms with Crippen LogP contribution in [0, 0.1) is 6.92 Å². The SMILES string of the molecule is Cc1ccc(CN(C)Cc2cc(N)ccc2Cl)cc1. The molecule has 0 bridgehead atoms. The molecule has 0 saturated heterocycles. The molecule has 0 unspecified atom stereocenters. The summed E-state index contributed by atoms with van der Waals surface area (Å²) in [6.07, 6.45) is 0. The predicted octanol–water partition coefficient (Wildman–Crippen LogP) is 3.86. The second-order valence-electron chi connectivity index (χ2n) is 5.01.